The molecule has 0 saturated carbocycles. The molecule has 3 unspecified atom stereocenters. The van der Waals surface area contributed by atoms with E-state index in [-0.39, 0.29) is 5.54 Å². The highest BCUT2D eigenvalue weighted by Crippen LogP contribution is 2.25. The van der Waals surface area contributed by atoms with E-state index in [9.17, 15) is 0 Å². The molecule has 88 valence electrons. The van der Waals surface area contributed by atoms with Crippen LogP contribution in [0.5, 0.6) is 0 Å². The Morgan fingerprint density at radius 1 is 1.53 bits per heavy atom. The van der Waals surface area contributed by atoms with E-state index >= 15 is 0 Å². The molecule has 3 heteroatoms. The van der Waals surface area contributed by atoms with E-state index in [0.29, 0.717) is 6.10 Å². The Balaban J connectivity index is 1.68. The summed E-state index contributed by atoms with van der Waals surface area (Å²) in [6, 6.07) is 0.749. The van der Waals surface area contributed by atoms with Crippen LogP contribution < -0.4 is 10.6 Å². The van der Waals surface area contributed by atoms with Gasteiger partial charge < -0.3 is 15.4 Å². The molecule has 0 aromatic rings. The summed E-state index contributed by atoms with van der Waals surface area (Å²) in [5.41, 5.74) is 0.207. The van der Waals surface area contributed by atoms with Gasteiger partial charge in [-0.2, -0.15) is 0 Å². The fourth-order valence-electron chi connectivity index (χ4n) is 2.60. The monoisotopic (exact) mass is 212 g/mol. The Kier molecular flexibility index (Phi) is 3.65. The fraction of sp³-hybridized carbons (Fsp3) is 1.00. The molecule has 2 rings (SSSR count). The summed E-state index contributed by atoms with van der Waals surface area (Å²) in [4.78, 5) is 0. The third-order valence-corrected chi connectivity index (χ3v) is 4.07. The van der Waals surface area contributed by atoms with Gasteiger partial charge in [-0.15, -0.1) is 0 Å². The fourth-order valence-corrected chi connectivity index (χ4v) is 2.60. The average molecular weight is 212 g/mol. The molecule has 3 nitrogen and oxygen atoms in total. The summed E-state index contributed by atoms with van der Waals surface area (Å²) in [5.74, 6) is 0. The van der Waals surface area contributed by atoms with Crippen molar-refractivity contribution in [3.63, 3.8) is 0 Å². The SMILES string of the molecule is CC1OCCC1(C)NCCC1CCCN1. The van der Waals surface area contributed by atoms with E-state index in [4.69, 9.17) is 4.74 Å². The molecule has 2 fully saturated rings. The van der Waals surface area contributed by atoms with E-state index in [0.717, 1.165) is 25.6 Å². The van der Waals surface area contributed by atoms with Gasteiger partial charge in [-0.3, -0.25) is 0 Å². The standard InChI is InChI=1S/C12H24N2O/c1-10-12(2,6-9-15-10)14-8-5-11-4-3-7-13-11/h10-11,13-14H,3-9H2,1-2H3. The minimum absolute atomic E-state index is 0.207. The first-order valence-corrected chi connectivity index (χ1v) is 6.31. The van der Waals surface area contributed by atoms with Crippen LogP contribution in [0.3, 0.4) is 0 Å². The third-order valence-electron chi connectivity index (χ3n) is 4.07. The van der Waals surface area contributed by atoms with Crippen molar-refractivity contribution in [2.45, 2.75) is 57.2 Å². The molecule has 3 atom stereocenters. The maximum Gasteiger partial charge on any atom is 0.0726 e. The average Bonchev–Trinajstić information content (AvgIpc) is 2.79. The molecule has 0 aromatic carbocycles. The molecule has 2 aliphatic heterocycles. The molecule has 0 aromatic heterocycles. The molecule has 0 spiro atoms. The summed E-state index contributed by atoms with van der Waals surface area (Å²) >= 11 is 0. The lowest BCUT2D eigenvalue weighted by Crippen LogP contribution is -2.48. The van der Waals surface area contributed by atoms with Crippen molar-refractivity contribution >= 4 is 0 Å². The van der Waals surface area contributed by atoms with Gasteiger partial charge in [0.15, 0.2) is 0 Å². The predicted molar refractivity (Wildman–Crippen MR) is 62.1 cm³/mol. The van der Waals surface area contributed by atoms with Gasteiger partial charge in [-0.25, -0.2) is 0 Å². The second-order valence-electron chi connectivity index (χ2n) is 5.19. The van der Waals surface area contributed by atoms with Gasteiger partial charge >= 0.3 is 0 Å². The lowest BCUT2D eigenvalue weighted by atomic mass is 9.94. The molecule has 15 heavy (non-hydrogen) atoms. The van der Waals surface area contributed by atoms with Crippen LogP contribution in [0.2, 0.25) is 0 Å². The molecule has 2 N–H and O–H groups in total. The second-order valence-corrected chi connectivity index (χ2v) is 5.19. The highest BCUT2D eigenvalue weighted by Gasteiger charge is 2.36. The van der Waals surface area contributed by atoms with E-state index < -0.39 is 0 Å². The largest absolute Gasteiger partial charge is 0.377 e. The predicted octanol–water partition coefficient (Wildman–Crippen LogP) is 1.29. The van der Waals surface area contributed by atoms with Crippen LogP contribution in [0.15, 0.2) is 0 Å². The number of nitrogens with one attached hydrogen (secondary N) is 2. The molecule has 2 aliphatic rings. The van der Waals surface area contributed by atoms with Crippen LogP contribution in [-0.4, -0.2) is 37.4 Å². The quantitative estimate of drug-likeness (QED) is 0.736. The molecular formula is C12H24N2O. The number of hydrogen-bond acceptors (Lipinski definition) is 3. The smallest absolute Gasteiger partial charge is 0.0726 e. The van der Waals surface area contributed by atoms with E-state index in [2.05, 4.69) is 24.5 Å². The second kappa shape index (κ2) is 4.81. The zero-order valence-electron chi connectivity index (χ0n) is 10.0. The van der Waals surface area contributed by atoms with E-state index in [1.807, 2.05) is 0 Å². The van der Waals surface area contributed by atoms with Crippen molar-refractivity contribution in [3.8, 4) is 0 Å². The summed E-state index contributed by atoms with van der Waals surface area (Å²) in [6.07, 6.45) is 5.45. The summed E-state index contributed by atoms with van der Waals surface area (Å²) < 4.78 is 5.61. The molecule has 2 heterocycles. The van der Waals surface area contributed by atoms with E-state index in [1.165, 1.54) is 25.8 Å². The van der Waals surface area contributed by atoms with Crippen molar-refractivity contribution in [2.24, 2.45) is 0 Å². The first kappa shape index (κ1) is 11.4. The molecule has 0 aliphatic carbocycles. The highest BCUT2D eigenvalue weighted by molar-refractivity contribution is 4.93. The Morgan fingerprint density at radius 3 is 3.00 bits per heavy atom. The van der Waals surface area contributed by atoms with Gasteiger partial charge in [-0.05, 0) is 52.6 Å². The summed E-state index contributed by atoms with van der Waals surface area (Å²) in [6.45, 7) is 7.69. The lowest BCUT2D eigenvalue weighted by Gasteiger charge is -2.29. The molecule has 2 saturated heterocycles. The Hall–Kier alpha value is -0.120. The third kappa shape index (κ3) is 2.71. The number of ether oxygens (including phenoxy) is 1. The highest BCUT2D eigenvalue weighted by atomic mass is 16.5. The van der Waals surface area contributed by atoms with Gasteiger partial charge in [-0.1, -0.05) is 0 Å². The first-order valence-electron chi connectivity index (χ1n) is 6.31. The number of hydrogen-bond donors (Lipinski definition) is 2. The van der Waals surface area contributed by atoms with Crippen molar-refractivity contribution in [3.05, 3.63) is 0 Å². The molecule has 0 bridgehead atoms. The molecule has 0 amide bonds. The van der Waals surface area contributed by atoms with Gasteiger partial charge in [0.1, 0.15) is 0 Å². The topological polar surface area (TPSA) is 33.3 Å². The minimum atomic E-state index is 0.207. The summed E-state index contributed by atoms with van der Waals surface area (Å²) in [5, 5.41) is 7.20. The molecular weight excluding hydrogens is 188 g/mol. The zero-order chi connectivity index (χ0) is 10.7. The van der Waals surface area contributed by atoms with Crippen molar-refractivity contribution in [1.82, 2.24) is 10.6 Å². The Labute approximate surface area is 93.0 Å². The van der Waals surface area contributed by atoms with Gasteiger partial charge in [0, 0.05) is 18.2 Å². The Bertz CT molecular complexity index is 204. The van der Waals surface area contributed by atoms with Crippen molar-refractivity contribution < 1.29 is 4.74 Å². The maximum atomic E-state index is 5.61. The van der Waals surface area contributed by atoms with Crippen LogP contribution >= 0.6 is 0 Å². The van der Waals surface area contributed by atoms with Crippen LogP contribution in [0.1, 0.15) is 39.5 Å². The van der Waals surface area contributed by atoms with Crippen LogP contribution in [0.25, 0.3) is 0 Å². The normalized spacial score (nSPS) is 41.2. The zero-order valence-corrected chi connectivity index (χ0v) is 10.0. The Morgan fingerprint density at radius 2 is 2.40 bits per heavy atom. The van der Waals surface area contributed by atoms with Gasteiger partial charge in [0.05, 0.1) is 6.10 Å². The van der Waals surface area contributed by atoms with Crippen LogP contribution in [-0.2, 0) is 4.74 Å². The van der Waals surface area contributed by atoms with Gasteiger partial charge in [0.25, 0.3) is 0 Å². The lowest BCUT2D eigenvalue weighted by molar-refractivity contribution is 0.0885. The van der Waals surface area contributed by atoms with Crippen LogP contribution in [0.4, 0.5) is 0 Å². The molecule has 0 radical (unpaired) electrons. The minimum Gasteiger partial charge on any atom is -0.377 e. The number of rotatable bonds is 4. The van der Waals surface area contributed by atoms with Crippen molar-refractivity contribution in [2.75, 3.05) is 19.7 Å². The maximum absolute atomic E-state index is 5.61. The van der Waals surface area contributed by atoms with E-state index in [1.54, 1.807) is 0 Å². The van der Waals surface area contributed by atoms with Gasteiger partial charge in [0.2, 0.25) is 0 Å². The summed E-state index contributed by atoms with van der Waals surface area (Å²) in [7, 11) is 0. The first-order chi connectivity index (χ1) is 7.21. The van der Waals surface area contributed by atoms with Crippen molar-refractivity contribution in [1.29, 1.82) is 0 Å². The van der Waals surface area contributed by atoms with Crippen LogP contribution in [0, 0.1) is 0 Å².